The summed E-state index contributed by atoms with van der Waals surface area (Å²) in [5, 5.41) is 15.0. The number of aromatic nitrogens is 3. The van der Waals surface area contributed by atoms with E-state index in [1.165, 1.54) is 0 Å². The van der Waals surface area contributed by atoms with E-state index in [2.05, 4.69) is 31.1 Å². The second-order valence-corrected chi connectivity index (χ2v) is 6.98. The van der Waals surface area contributed by atoms with Gasteiger partial charge in [0.1, 0.15) is 11.5 Å². The number of H-pyrrole nitrogens is 1. The molecule has 1 saturated carbocycles. The quantitative estimate of drug-likeness (QED) is 0.463. The fourth-order valence-corrected chi connectivity index (χ4v) is 2.92. The fraction of sp³-hybridized carbons (Fsp3) is 0.238. The summed E-state index contributed by atoms with van der Waals surface area (Å²) < 4.78 is 10.6. The summed E-state index contributed by atoms with van der Waals surface area (Å²) >= 11 is 0. The number of amides is 3. The van der Waals surface area contributed by atoms with Gasteiger partial charge in [0, 0.05) is 23.4 Å². The smallest absolute Gasteiger partial charge is 0.319 e. The molecule has 0 radical (unpaired) electrons. The lowest BCUT2D eigenvalue weighted by molar-refractivity contribution is 0.102. The van der Waals surface area contributed by atoms with E-state index in [1.54, 1.807) is 56.7 Å². The topological polar surface area (TPSA) is 130 Å². The third kappa shape index (κ3) is 4.92. The second-order valence-electron chi connectivity index (χ2n) is 6.98. The van der Waals surface area contributed by atoms with Crippen molar-refractivity contribution in [3.05, 3.63) is 48.0 Å². The number of urea groups is 1. The van der Waals surface area contributed by atoms with Gasteiger partial charge in [0.15, 0.2) is 5.82 Å². The Morgan fingerprint density at radius 3 is 2.65 bits per heavy atom. The van der Waals surface area contributed by atoms with E-state index in [0.29, 0.717) is 34.1 Å². The van der Waals surface area contributed by atoms with Crippen LogP contribution >= 0.6 is 0 Å². The Hall–Kier alpha value is -4.08. The van der Waals surface area contributed by atoms with Crippen LogP contribution in [-0.2, 0) is 0 Å². The molecular weight excluding hydrogens is 400 g/mol. The highest BCUT2D eigenvalue weighted by Crippen LogP contribution is 2.31. The Morgan fingerprint density at radius 2 is 1.90 bits per heavy atom. The molecule has 0 spiro atoms. The maximum atomic E-state index is 12.6. The molecule has 4 N–H and O–H groups in total. The normalized spacial score (nSPS) is 12.7. The van der Waals surface area contributed by atoms with Crippen LogP contribution in [0.3, 0.4) is 0 Å². The molecule has 2 aromatic carbocycles. The zero-order valence-corrected chi connectivity index (χ0v) is 17.1. The van der Waals surface area contributed by atoms with Crippen LogP contribution < -0.4 is 25.4 Å². The summed E-state index contributed by atoms with van der Waals surface area (Å²) in [5.41, 5.74) is 1.55. The third-order valence-corrected chi connectivity index (χ3v) is 4.67. The fourth-order valence-electron chi connectivity index (χ4n) is 2.92. The van der Waals surface area contributed by atoms with Gasteiger partial charge in [-0.3, -0.25) is 15.2 Å². The number of rotatable bonds is 7. The molecule has 160 valence electrons. The Bertz CT molecular complexity index is 1110. The van der Waals surface area contributed by atoms with Gasteiger partial charge in [0.25, 0.3) is 5.91 Å². The Balaban J connectivity index is 1.44. The van der Waals surface area contributed by atoms with Gasteiger partial charge < -0.3 is 20.1 Å². The predicted molar refractivity (Wildman–Crippen MR) is 114 cm³/mol. The van der Waals surface area contributed by atoms with E-state index >= 15 is 0 Å². The van der Waals surface area contributed by atoms with E-state index in [4.69, 9.17) is 9.47 Å². The molecule has 1 aliphatic rings. The van der Waals surface area contributed by atoms with Crippen molar-refractivity contribution in [2.45, 2.75) is 18.9 Å². The first-order chi connectivity index (χ1) is 15.1. The van der Waals surface area contributed by atoms with E-state index in [9.17, 15) is 9.59 Å². The van der Waals surface area contributed by atoms with Crippen LogP contribution in [0.4, 0.5) is 16.4 Å². The number of aromatic amines is 1. The molecule has 4 rings (SSSR count). The molecule has 0 bridgehead atoms. The van der Waals surface area contributed by atoms with E-state index < -0.39 is 5.91 Å². The lowest BCUT2D eigenvalue weighted by Gasteiger charge is -2.08. The zero-order chi connectivity index (χ0) is 21.8. The third-order valence-electron chi connectivity index (χ3n) is 4.67. The average Bonchev–Trinajstić information content (AvgIpc) is 3.47. The van der Waals surface area contributed by atoms with Crippen molar-refractivity contribution in [2.24, 2.45) is 0 Å². The largest absolute Gasteiger partial charge is 0.497 e. The highest BCUT2D eigenvalue weighted by atomic mass is 16.5. The maximum Gasteiger partial charge on any atom is 0.319 e. The summed E-state index contributed by atoms with van der Waals surface area (Å²) in [6, 6.07) is 11.9. The minimum absolute atomic E-state index is 0.114. The molecule has 1 aromatic heterocycles. The summed E-state index contributed by atoms with van der Waals surface area (Å²) in [7, 11) is 3.11. The van der Waals surface area contributed by atoms with Crippen LogP contribution in [-0.4, -0.2) is 47.4 Å². The minimum atomic E-state index is -0.404. The van der Waals surface area contributed by atoms with Gasteiger partial charge in [-0.2, -0.15) is 4.98 Å². The molecule has 1 heterocycles. The number of hydrogen-bond donors (Lipinski definition) is 4. The summed E-state index contributed by atoms with van der Waals surface area (Å²) in [4.78, 5) is 28.8. The SMILES string of the molecule is COc1ccc(-c2nc(NC(=O)c3cccc(NC(=O)NC4CC4)c3)n[nH]2)c(OC)c1. The first kappa shape index (κ1) is 20.2. The lowest BCUT2D eigenvalue weighted by Crippen LogP contribution is -2.30. The van der Waals surface area contributed by atoms with Crippen LogP contribution in [0, 0.1) is 0 Å². The molecule has 1 fully saturated rings. The van der Waals surface area contributed by atoms with Gasteiger partial charge >= 0.3 is 6.03 Å². The average molecular weight is 422 g/mol. The molecule has 3 amide bonds. The number of anilines is 2. The lowest BCUT2D eigenvalue weighted by atomic mass is 10.2. The molecule has 0 aliphatic heterocycles. The number of hydrogen-bond acceptors (Lipinski definition) is 6. The number of benzene rings is 2. The van der Waals surface area contributed by atoms with Crippen LogP contribution in [0.2, 0.25) is 0 Å². The highest BCUT2D eigenvalue weighted by Gasteiger charge is 2.23. The molecule has 10 heteroatoms. The summed E-state index contributed by atoms with van der Waals surface area (Å²) in [6.07, 6.45) is 1.99. The van der Waals surface area contributed by atoms with Gasteiger partial charge in [0.2, 0.25) is 5.95 Å². The molecule has 10 nitrogen and oxygen atoms in total. The van der Waals surface area contributed by atoms with Gasteiger partial charge in [-0.15, -0.1) is 5.10 Å². The predicted octanol–water partition coefficient (Wildman–Crippen LogP) is 3.03. The van der Waals surface area contributed by atoms with Crippen molar-refractivity contribution in [2.75, 3.05) is 24.9 Å². The van der Waals surface area contributed by atoms with Crippen molar-refractivity contribution in [1.82, 2.24) is 20.5 Å². The number of carbonyl (C=O) groups is 2. The van der Waals surface area contributed by atoms with Gasteiger partial charge in [-0.05, 0) is 43.2 Å². The van der Waals surface area contributed by atoms with Crippen molar-refractivity contribution < 1.29 is 19.1 Å². The molecule has 0 atom stereocenters. The van der Waals surface area contributed by atoms with Crippen LogP contribution in [0.1, 0.15) is 23.2 Å². The van der Waals surface area contributed by atoms with E-state index in [-0.39, 0.29) is 18.0 Å². The Morgan fingerprint density at radius 1 is 1.06 bits per heavy atom. The standard InChI is InChI=1S/C21H22N6O4/c1-30-15-8-9-16(17(11-15)31-2)18-24-20(27-26-18)25-19(28)12-4-3-5-14(10-12)23-21(29)22-13-6-7-13/h3-5,8-11,13H,6-7H2,1-2H3,(H2,22,23,29)(H2,24,25,26,27,28). The number of nitrogens with zero attached hydrogens (tertiary/aromatic N) is 2. The summed E-state index contributed by atoms with van der Waals surface area (Å²) in [5.74, 6) is 1.34. The number of carbonyl (C=O) groups excluding carboxylic acids is 2. The van der Waals surface area contributed by atoms with Gasteiger partial charge in [-0.1, -0.05) is 6.07 Å². The first-order valence-corrected chi connectivity index (χ1v) is 9.69. The number of methoxy groups -OCH3 is 2. The van der Waals surface area contributed by atoms with E-state index in [1.807, 2.05) is 0 Å². The molecule has 0 unspecified atom stereocenters. The van der Waals surface area contributed by atoms with Crippen LogP contribution in [0.5, 0.6) is 11.5 Å². The van der Waals surface area contributed by atoms with E-state index in [0.717, 1.165) is 12.8 Å². The number of nitrogens with one attached hydrogen (secondary N) is 4. The molecule has 0 saturated heterocycles. The van der Waals surface area contributed by atoms with Crippen molar-refractivity contribution in [1.29, 1.82) is 0 Å². The molecule has 3 aromatic rings. The second kappa shape index (κ2) is 8.74. The van der Waals surface area contributed by atoms with Crippen molar-refractivity contribution in [3.63, 3.8) is 0 Å². The summed E-state index contributed by atoms with van der Waals surface area (Å²) in [6.45, 7) is 0. The monoisotopic (exact) mass is 422 g/mol. The number of ether oxygens (including phenoxy) is 2. The highest BCUT2D eigenvalue weighted by molar-refractivity contribution is 6.04. The van der Waals surface area contributed by atoms with Crippen LogP contribution in [0.15, 0.2) is 42.5 Å². The van der Waals surface area contributed by atoms with Crippen LogP contribution in [0.25, 0.3) is 11.4 Å². The van der Waals surface area contributed by atoms with Crippen molar-refractivity contribution in [3.8, 4) is 22.9 Å². The minimum Gasteiger partial charge on any atom is -0.497 e. The van der Waals surface area contributed by atoms with Gasteiger partial charge in [0.05, 0.1) is 19.8 Å². The Labute approximate surface area is 178 Å². The molecular formula is C21H22N6O4. The molecule has 31 heavy (non-hydrogen) atoms. The maximum absolute atomic E-state index is 12.6. The van der Waals surface area contributed by atoms with Gasteiger partial charge in [-0.25, -0.2) is 4.79 Å². The molecule has 1 aliphatic carbocycles. The Kier molecular flexibility index (Phi) is 5.69. The van der Waals surface area contributed by atoms with Crippen molar-refractivity contribution >= 4 is 23.6 Å². The zero-order valence-electron chi connectivity index (χ0n) is 17.1. The first-order valence-electron chi connectivity index (χ1n) is 9.69.